The molecule has 0 aromatic heterocycles. The van der Waals surface area contributed by atoms with Gasteiger partial charge in [-0.05, 0) is 12.1 Å². The molecule has 0 spiro atoms. The third-order valence-electron chi connectivity index (χ3n) is 3.92. The molecular weight excluding hydrogens is 230 g/mol. The number of para-hydroxylation sites is 1. The Hall–Kier alpha value is -1.94. The second kappa shape index (κ2) is 3.29. The van der Waals surface area contributed by atoms with Crippen LogP contribution < -0.4 is 4.90 Å². The van der Waals surface area contributed by atoms with Crippen molar-refractivity contribution in [3.63, 3.8) is 0 Å². The van der Waals surface area contributed by atoms with Gasteiger partial charge in [-0.2, -0.15) is 0 Å². The molecule has 4 nitrogen and oxygen atoms in total. The number of benzene rings is 1. The number of rotatable bonds is 1. The zero-order valence-corrected chi connectivity index (χ0v) is 9.52. The summed E-state index contributed by atoms with van der Waals surface area (Å²) in [6.07, 6.45) is 3.35. The number of nitrogens with zero attached hydrogens (tertiary/aromatic N) is 1. The molecule has 1 aromatic carbocycles. The Labute approximate surface area is 104 Å². The van der Waals surface area contributed by atoms with Gasteiger partial charge in [0.2, 0.25) is 11.8 Å². The van der Waals surface area contributed by atoms with Crippen LogP contribution in [0.1, 0.15) is 0 Å². The normalized spacial score (nSPS) is 36.6. The van der Waals surface area contributed by atoms with Crippen molar-refractivity contribution >= 4 is 17.5 Å². The van der Waals surface area contributed by atoms with Gasteiger partial charge in [-0.15, -0.1) is 0 Å². The van der Waals surface area contributed by atoms with Crippen LogP contribution >= 0.6 is 0 Å². The molecule has 0 aliphatic carbocycles. The smallest absolute Gasteiger partial charge is 0.240 e. The van der Waals surface area contributed by atoms with E-state index in [9.17, 15) is 9.59 Å². The van der Waals surface area contributed by atoms with Crippen molar-refractivity contribution in [2.45, 2.75) is 12.2 Å². The lowest BCUT2D eigenvalue weighted by Gasteiger charge is -2.17. The quantitative estimate of drug-likeness (QED) is 0.547. The van der Waals surface area contributed by atoms with Crippen molar-refractivity contribution in [3.8, 4) is 0 Å². The highest BCUT2D eigenvalue weighted by atomic mass is 16.5. The van der Waals surface area contributed by atoms with Crippen LogP contribution in [0.25, 0.3) is 0 Å². The summed E-state index contributed by atoms with van der Waals surface area (Å²) >= 11 is 0. The second-order valence-corrected chi connectivity index (χ2v) is 4.85. The minimum absolute atomic E-state index is 0.131. The SMILES string of the molecule is O=C1[C@@H]2[C@@H](C(=O)N1c1ccccc1)[C@H]1C=C[C@@H]2O1. The fourth-order valence-electron chi connectivity index (χ4n) is 3.14. The van der Waals surface area contributed by atoms with E-state index in [4.69, 9.17) is 4.74 Å². The molecule has 2 amide bonds. The van der Waals surface area contributed by atoms with Crippen LogP contribution in [0.15, 0.2) is 42.5 Å². The number of carbonyl (C=O) groups is 2. The van der Waals surface area contributed by atoms with Gasteiger partial charge in [0.1, 0.15) is 0 Å². The van der Waals surface area contributed by atoms with E-state index in [2.05, 4.69) is 0 Å². The molecule has 0 N–H and O–H groups in total. The fourth-order valence-corrected chi connectivity index (χ4v) is 3.14. The average Bonchev–Trinajstić information content (AvgIpc) is 3.05. The van der Waals surface area contributed by atoms with Gasteiger partial charge in [0.15, 0.2) is 0 Å². The molecule has 3 aliphatic heterocycles. The molecule has 3 heterocycles. The maximum absolute atomic E-state index is 12.4. The molecule has 90 valence electrons. The number of hydrogen-bond donors (Lipinski definition) is 0. The third kappa shape index (κ3) is 1.08. The van der Waals surface area contributed by atoms with Crippen molar-refractivity contribution < 1.29 is 14.3 Å². The van der Waals surface area contributed by atoms with Crippen molar-refractivity contribution in [3.05, 3.63) is 42.5 Å². The number of fused-ring (bicyclic) bond motifs is 5. The molecule has 4 heteroatoms. The topological polar surface area (TPSA) is 46.6 Å². The fraction of sp³-hybridized carbons (Fsp3) is 0.286. The first-order valence-corrected chi connectivity index (χ1v) is 6.04. The van der Waals surface area contributed by atoms with E-state index in [1.165, 1.54) is 4.90 Å². The van der Waals surface area contributed by atoms with Gasteiger partial charge >= 0.3 is 0 Å². The Bertz CT molecular complexity index is 536. The highest BCUT2D eigenvalue weighted by Crippen LogP contribution is 2.46. The third-order valence-corrected chi connectivity index (χ3v) is 3.92. The predicted molar refractivity (Wildman–Crippen MR) is 63.7 cm³/mol. The minimum Gasteiger partial charge on any atom is -0.365 e. The Morgan fingerprint density at radius 2 is 1.44 bits per heavy atom. The van der Waals surface area contributed by atoms with Gasteiger partial charge in [0.05, 0.1) is 29.7 Å². The van der Waals surface area contributed by atoms with Crippen molar-refractivity contribution in [1.82, 2.24) is 0 Å². The molecule has 1 aromatic rings. The number of carbonyl (C=O) groups excluding carboxylic acids is 2. The van der Waals surface area contributed by atoms with Crippen LogP contribution in [0.3, 0.4) is 0 Å². The molecule has 0 unspecified atom stereocenters. The van der Waals surface area contributed by atoms with Gasteiger partial charge < -0.3 is 4.74 Å². The van der Waals surface area contributed by atoms with Crippen LogP contribution in [0.4, 0.5) is 5.69 Å². The molecule has 2 bridgehead atoms. The molecule has 0 saturated carbocycles. The lowest BCUT2D eigenvalue weighted by atomic mass is 9.85. The molecule has 2 saturated heterocycles. The van der Waals surface area contributed by atoms with Crippen LogP contribution in [0.5, 0.6) is 0 Å². The van der Waals surface area contributed by atoms with Crippen LogP contribution in [0, 0.1) is 11.8 Å². The van der Waals surface area contributed by atoms with Crippen molar-refractivity contribution in [2.24, 2.45) is 11.8 Å². The van der Waals surface area contributed by atoms with Gasteiger partial charge in [0.25, 0.3) is 0 Å². The van der Waals surface area contributed by atoms with Crippen LogP contribution in [-0.4, -0.2) is 24.0 Å². The van der Waals surface area contributed by atoms with Gasteiger partial charge in [0, 0.05) is 0 Å². The molecular formula is C14H11NO3. The number of anilines is 1. The Morgan fingerprint density at radius 1 is 0.889 bits per heavy atom. The first-order valence-electron chi connectivity index (χ1n) is 6.04. The Morgan fingerprint density at radius 3 is 2.00 bits per heavy atom. The summed E-state index contributed by atoms with van der Waals surface area (Å²) in [6, 6.07) is 9.09. The highest BCUT2D eigenvalue weighted by molar-refractivity contribution is 6.23. The Kier molecular flexibility index (Phi) is 1.84. The van der Waals surface area contributed by atoms with E-state index >= 15 is 0 Å². The minimum atomic E-state index is -0.326. The lowest BCUT2D eigenvalue weighted by molar-refractivity contribution is -0.124. The molecule has 18 heavy (non-hydrogen) atoms. The van der Waals surface area contributed by atoms with Crippen LogP contribution in [-0.2, 0) is 14.3 Å². The number of hydrogen-bond acceptors (Lipinski definition) is 3. The maximum Gasteiger partial charge on any atom is 0.240 e. The summed E-state index contributed by atoms with van der Waals surface area (Å²) in [5.74, 6) is -0.915. The van der Waals surface area contributed by atoms with E-state index in [0.29, 0.717) is 5.69 Å². The molecule has 2 fully saturated rings. The first-order chi connectivity index (χ1) is 8.77. The molecule has 3 aliphatic rings. The van der Waals surface area contributed by atoms with Crippen LogP contribution in [0.2, 0.25) is 0 Å². The summed E-state index contributed by atoms with van der Waals surface area (Å²) in [5, 5.41) is 0. The summed E-state index contributed by atoms with van der Waals surface area (Å²) in [7, 11) is 0. The monoisotopic (exact) mass is 241 g/mol. The van der Waals surface area contributed by atoms with E-state index in [-0.39, 0.29) is 35.9 Å². The van der Waals surface area contributed by atoms with E-state index in [1.54, 1.807) is 12.1 Å². The molecule has 0 radical (unpaired) electrons. The number of imide groups is 1. The predicted octanol–water partition coefficient (Wildman–Crippen LogP) is 1.13. The summed E-state index contributed by atoms with van der Waals surface area (Å²) in [4.78, 5) is 26.1. The lowest BCUT2D eigenvalue weighted by Crippen LogP contribution is -2.34. The summed E-state index contributed by atoms with van der Waals surface area (Å²) in [5.41, 5.74) is 0.654. The zero-order chi connectivity index (χ0) is 12.3. The van der Waals surface area contributed by atoms with Crippen molar-refractivity contribution in [1.29, 1.82) is 0 Å². The standard InChI is InChI=1S/C14H11NO3/c16-13-11-9-6-7-10(18-9)12(11)14(17)15(13)8-4-2-1-3-5-8/h1-7,9-12H/t9-,10+,11-,12-/m0/s1. The second-order valence-electron chi connectivity index (χ2n) is 4.85. The zero-order valence-electron chi connectivity index (χ0n) is 9.52. The average molecular weight is 241 g/mol. The molecule has 4 atom stereocenters. The summed E-state index contributed by atoms with van der Waals surface area (Å²) < 4.78 is 5.58. The summed E-state index contributed by atoms with van der Waals surface area (Å²) in [6.45, 7) is 0. The highest BCUT2D eigenvalue weighted by Gasteiger charge is 2.60. The van der Waals surface area contributed by atoms with Gasteiger partial charge in [-0.25, -0.2) is 4.90 Å². The maximum atomic E-state index is 12.4. The van der Waals surface area contributed by atoms with E-state index in [0.717, 1.165) is 0 Å². The van der Waals surface area contributed by atoms with Crippen molar-refractivity contribution in [2.75, 3.05) is 4.90 Å². The first kappa shape index (κ1) is 10.0. The van der Waals surface area contributed by atoms with Gasteiger partial charge in [-0.1, -0.05) is 30.4 Å². The largest absolute Gasteiger partial charge is 0.365 e. The number of amides is 2. The molecule has 4 rings (SSSR count). The Balaban J connectivity index is 1.77. The van der Waals surface area contributed by atoms with Gasteiger partial charge in [-0.3, -0.25) is 9.59 Å². The van der Waals surface area contributed by atoms with E-state index in [1.807, 2.05) is 30.4 Å². The van der Waals surface area contributed by atoms with E-state index < -0.39 is 0 Å². The number of ether oxygens (including phenoxy) is 1.